The van der Waals surface area contributed by atoms with Gasteiger partial charge in [0, 0.05) is 34.7 Å². The molecule has 1 heterocycles. The maximum Gasteiger partial charge on any atom is 0.491 e. The Morgan fingerprint density at radius 1 is 1.22 bits per heavy atom. The number of H-pyrrole nitrogens is 1. The number of rotatable bonds is 7. The Morgan fingerprint density at radius 2 is 1.97 bits per heavy atom. The Hall–Kier alpha value is -2.88. The van der Waals surface area contributed by atoms with E-state index in [4.69, 9.17) is 11.6 Å². The fourth-order valence-corrected chi connectivity index (χ4v) is 3.43. The van der Waals surface area contributed by atoms with Crippen molar-refractivity contribution in [2.75, 3.05) is 6.54 Å². The van der Waals surface area contributed by atoms with Crippen LogP contribution in [0.2, 0.25) is 5.02 Å². The quantitative estimate of drug-likeness (QED) is 0.355. The van der Waals surface area contributed by atoms with Crippen LogP contribution in [0.3, 0.4) is 0 Å². The van der Waals surface area contributed by atoms with Crippen LogP contribution in [0.5, 0.6) is 0 Å². The van der Waals surface area contributed by atoms with Crippen molar-refractivity contribution in [3.63, 3.8) is 0 Å². The van der Waals surface area contributed by atoms with Gasteiger partial charge in [0.1, 0.15) is 0 Å². The number of hydrogen-bond acceptors (Lipinski definition) is 5. The lowest BCUT2D eigenvalue weighted by atomic mass is 10.0. The molecule has 2 aromatic carbocycles. The molecule has 0 saturated heterocycles. The lowest BCUT2D eigenvalue weighted by Gasteiger charge is -2.17. The molecule has 3 aromatic rings. The average molecular weight is 469 g/mol. The van der Waals surface area contributed by atoms with Crippen LogP contribution in [-0.4, -0.2) is 40.8 Å². The number of ether oxygens (including phenoxy) is 1. The molecule has 0 fully saturated rings. The van der Waals surface area contributed by atoms with E-state index in [0.29, 0.717) is 29.1 Å². The molecular weight excluding hydrogens is 449 g/mol. The maximum absolute atomic E-state index is 12.3. The average Bonchev–Trinajstić information content (AvgIpc) is 3.13. The number of aliphatic hydroxyl groups excluding tert-OH is 1. The van der Waals surface area contributed by atoms with Gasteiger partial charge in [0.15, 0.2) is 0 Å². The number of alkyl halides is 3. The lowest BCUT2D eigenvalue weighted by molar-refractivity contribution is -0.193. The third kappa shape index (κ3) is 5.87. The molecule has 0 aliphatic carbocycles. The number of hydrogen-bond donors (Lipinski definition) is 3. The fraction of sp³-hybridized carbons (Fsp3) is 0.273. The van der Waals surface area contributed by atoms with E-state index in [-0.39, 0.29) is 11.6 Å². The van der Waals surface area contributed by atoms with Gasteiger partial charge in [0.05, 0.1) is 11.7 Å². The number of nitrogens with one attached hydrogen (secondary N) is 2. The number of aromatic amines is 1. The third-order valence-electron chi connectivity index (χ3n) is 4.84. The molecule has 2 atom stereocenters. The molecule has 0 amide bonds. The van der Waals surface area contributed by atoms with E-state index >= 15 is 0 Å². The summed E-state index contributed by atoms with van der Waals surface area (Å²) in [5.74, 6) is -3.94. The number of carbonyl (C=O) groups is 2. The first-order valence-electron chi connectivity index (χ1n) is 9.65. The SMILES string of the molecule is C[C@H](Cc1c[nH]c2cc(C(=O)OC(=O)C(F)(F)F)ccc12)NC[C@H](O)c1cccc(Cl)c1. The fourth-order valence-electron chi connectivity index (χ4n) is 3.23. The molecule has 6 nitrogen and oxygen atoms in total. The first-order chi connectivity index (χ1) is 15.0. The summed E-state index contributed by atoms with van der Waals surface area (Å²) in [6, 6.07) is 11.2. The van der Waals surface area contributed by atoms with Crippen molar-refractivity contribution in [2.24, 2.45) is 0 Å². The lowest BCUT2D eigenvalue weighted by Crippen LogP contribution is -2.32. The molecule has 0 aliphatic heterocycles. The van der Waals surface area contributed by atoms with Crippen LogP contribution in [0.15, 0.2) is 48.7 Å². The Labute approximate surface area is 186 Å². The predicted octanol–water partition coefficient (Wildman–Crippen LogP) is 4.32. The van der Waals surface area contributed by atoms with Crippen LogP contribution in [0.25, 0.3) is 10.9 Å². The maximum atomic E-state index is 12.3. The number of benzene rings is 2. The van der Waals surface area contributed by atoms with E-state index in [0.717, 1.165) is 10.9 Å². The van der Waals surface area contributed by atoms with Gasteiger partial charge < -0.3 is 20.1 Å². The van der Waals surface area contributed by atoms with Gasteiger partial charge >= 0.3 is 18.1 Å². The van der Waals surface area contributed by atoms with E-state index in [2.05, 4.69) is 15.0 Å². The van der Waals surface area contributed by atoms with Gasteiger partial charge in [-0.1, -0.05) is 29.8 Å². The summed E-state index contributed by atoms with van der Waals surface area (Å²) < 4.78 is 40.7. The molecule has 0 unspecified atom stereocenters. The summed E-state index contributed by atoms with van der Waals surface area (Å²) in [5, 5.41) is 14.9. The molecule has 0 radical (unpaired) electrons. The number of fused-ring (bicyclic) bond motifs is 1. The molecule has 3 rings (SSSR count). The second-order valence-electron chi connectivity index (χ2n) is 7.33. The van der Waals surface area contributed by atoms with Gasteiger partial charge in [-0.05, 0) is 48.7 Å². The van der Waals surface area contributed by atoms with Gasteiger partial charge in [0.2, 0.25) is 0 Å². The second-order valence-corrected chi connectivity index (χ2v) is 7.77. The van der Waals surface area contributed by atoms with Crippen molar-refractivity contribution < 1.29 is 32.6 Å². The highest BCUT2D eigenvalue weighted by molar-refractivity contribution is 6.30. The second kappa shape index (κ2) is 9.72. The van der Waals surface area contributed by atoms with E-state index in [1.165, 1.54) is 12.1 Å². The smallest absolute Gasteiger partial charge is 0.387 e. The predicted molar refractivity (Wildman–Crippen MR) is 112 cm³/mol. The highest BCUT2D eigenvalue weighted by Gasteiger charge is 2.42. The first kappa shape index (κ1) is 23.8. The minimum atomic E-state index is -5.25. The summed E-state index contributed by atoms with van der Waals surface area (Å²) in [6.45, 7) is 2.26. The van der Waals surface area contributed by atoms with Crippen LogP contribution in [0.1, 0.15) is 34.5 Å². The van der Waals surface area contributed by atoms with Crippen molar-refractivity contribution >= 4 is 34.4 Å². The molecule has 1 aromatic heterocycles. The van der Waals surface area contributed by atoms with Crippen molar-refractivity contribution in [3.05, 3.63) is 70.4 Å². The van der Waals surface area contributed by atoms with E-state index in [1.807, 2.05) is 6.92 Å². The minimum Gasteiger partial charge on any atom is -0.387 e. The highest BCUT2D eigenvalue weighted by Crippen LogP contribution is 2.23. The number of aromatic nitrogens is 1. The van der Waals surface area contributed by atoms with Crippen molar-refractivity contribution in [1.29, 1.82) is 0 Å². The van der Waals surface area contributed by atoms with Crippen molar-refractivity contribution in [1.82, 2.24) is 10.3 Å². The van der Waals surface area contributed by atoms with Crippen LogP contribution in [0.4, 0.5) is 13.2 Å². The number of halogens is 4. The highest BCUT2D eigenvalue weighted by atomic mass is 35.5. The van der Waals surface area contributed by atoms with E-state index < -0.39 is 24.2 Å². The standard InChI is InChI=1S/C22H20ClF3N2O4/c1-12(27-11-19(29)13-3-2-4-16(23)8-13)7-15-10-28-18-9-14(5-6-17(15)18)20(30)32-21(31)22(24,25)26/h2-6,8-10,12,19,27-29H,7,11H2,1H3/t12-,19+/m1/s1. The molecule has 0 spiro atoms. The minimum absolute atomic E-state index is 0.0168. The molecule has 0 saturated carbocycles. The zero-order valence-electron chi connectivity index (χ0n) is 16.9. The van der Waals surface area contributed by atoms with Crippen molar-refractivity contribution in [2.45, 2.75) is 31.7 Å². The Balaban J connectivity index is 1.62. The Kier molecular flexibility index (Phi) is 7.22. The Bertz CT molecular complexity index is 1130. The summed E-state index contributed by atoms with van der Waals surface area (Å²) in [7, 11) is 0. The molecule has 0 bridgehead atoms. The van der Waals surface area contributed by atoms with Crippen LogP contribution >= 0.6 is 11.6 Å². The summed E-state index contributed by atoms with van der Waals surface area (Å²) in [6.07, 6.45) is -3.67. The summed E-state index contributed by atoms with van der Waals surface area (Å²) in [4.78, 5) is 25.6. The number of esters is 2. The molecule has 170 valence electrons. The van der Waals surface area contributed by atoms with Gasteiger partial charge in [-0.15, -0.1) is 0 Å². The monoisotopic (exact) mass is 468 g/mol. The van der Waals surface area contributed by atoms with E-state index in [9.17, 15) is 27.9 Å². The van der Waals surface area contributed by atoms with Crippen LogP contribution < -0.4 is 5.32 Å². The normalized spacial score (nSPS) is 13.7. The number of carbonyl (C=O) groups excluding carboxylic acids is 2. The van der Waals surface area contributed by atoms with Gasteiger partial charge in [-0.25, -0.2) is 9.59 Å². The van der Waals surface area contributed by atoms with Gasteiger partial charge in [-0.3, -0.25) is 0 Å². The first-order valence-corrected chi connectivity index (χ1v) is 10.0. The van der Waals surface area contributed by atoms with E-state index in [1.54, 1.807) is 36.5 Å². The Morgan fingerprint density at radius 3 is 2.66 bits per heavy atom. The summed E-state index contributed by atoms with van der Waals surface area (Å²) in [5.41, 5.74) is 1.94. The summed E-state index contributed by atoms with van der Waals surface area (Å²) >= 11 is 5.95. The zero-order valence-corrected chi connectivity index (χ0v) is 17.6. The molecule has 0 aliphatic rings. The van der Waals surface area contributed by atoms with Gasteiger partial charge in [-0.2, -0.15) is 13.2 Å². The number of aliphatic hydroxyl groups is 1. The third-order valence-corrected chi connectivity index (χ3v) is 5.07. The van der Waals surface area contributed by atoms with Crippen LogP contribution in [0, 0.1) is 0 Å². The largest absolute Gasteiger partial charge is 0.491 e. The zero-order chi connectivity index (χ0) is 23.5. The molecule has 3 N–H and O–H groups in total. The topological polar surface area (TPSA) is 91.4 Å². The van der Waals surface area contributed by atoms with Crippen LogP contribution in [-0.2, 0) is 16.0 Å². The molecule has 32 heavy (non-hydrogen) atoms. The van der Waals surface area contributed by atoms with Gasteiger partial charge in [0.25, 0.3) is 0 Å². The van der Waals surface area contributed by atoms with Crippen molar-refractivity contribution in [3.8, 4) is 0 Å². The molecular formula is C22H20ClF3N2O4. The molecule has 10 heteroatoms.